The molecule has 0 radical (unpaired) electrons. The number of halogens is 1. The van der Waals surface area contributed by atoms with Crippen molar-refractivity contribution in [2.24, 2.45) is 0 Å². The third-order valence-electron chi connectivity index (χ3n) is 5.56. The summed E-state index contributed by atoms with van der Waals surface area (Å²) in [5.41, 5.74) is 0.312. The Hall–Kier alpha value is -3.24. The van der Waals surface area contributed by atoms with Crippen molar-refractivity contribution in [1.82, 2.24) is 19.8 Å². The van der Waals surface area contributed by atoms with Crippen molar-refractivity contribution in [2.45, 2.75) is 18.3 Å². The van der Waals surface area contributed by atoms with Crippen molar-refractivity contribution in [3.05, 3.63) is 75.2 Å². The second-order valence-electron chi connectivity index (χ2n) is 7.92. The summed E-state index contributed by atoms with van der Waals surface area (Å²) in [6.07, 6.45) is 2.62. The van der Waals surface area contributed by atoms with E-state index in [4.69, 9.17) is 11.6 Å². The molecule has 0 aliphatic carbocycles. The molecule has 33 heavy (non-hydrogen) atoms. The minimum atomic E-state index is -3.23. The molecule has 172 valence electrons. The maximum absolute atomic E-state index is 13.1. The lowest BCUT2D eigenvalue weighted by Gasteiger charge is -2.38. The van der Waals surface area contributed by atoms with Gasteiger partial charge in [-0.2, -0.15) is 0 Å². The van der Waals surface area contributed by atoms with Gasteiger partial charge in [0.25, 0.3) is 11.5 Å². The normalized spacial score (nSPS) is 14.2. The van der Waals surface area contributed by atoms with Gasteiger partial charge in [0, 0.05) is 42.5 Å². The van der Waals surface area contributed by atoms with Crippen molar-refractivity contribution in [1.29, 1.82) is 0 Å². The van der Waals surface area contributed by atoms with Crippen molar-refractivity contribution in [3.63, 3.8) is 0 Å². The number of hydrogen-bond donors (Lipinski definition) is 1. The summed E-state index contributed by atoms with van der Waals surface area (Å²) in [6.45, 7) is 0.0132. The number of pyridine rings is 2. The predicted molar refractivity (Wildman–Crippen MR) is 124 cm³/mol. The Labute approximate surface area is 194 Å². The molecule has 4 rings (SSSR count). The van der Waals surface area contributed by atoms with E-state index in [0.717, 1.165) is 16.4 Å². The van der Waals surface area contributed by atoms with Crippen LogP contribution in [-0.2, 0) is 27.7 Å². The van der Waals surface area contributed by atoms with Crippen molar-refractivity contribution < 1.29 is 18.0 Å². The summed E-state index contributed by atoms with van der Waals surface area (Å²) in [6, 6.07) is 11.7. The first-order valence-electron chi connectivity index (χ1n) is 10.1. The molecule has 3 aromatic rings. The maximum atomic E-state index is 13.1. The van der Waals surface area contributed by atoms with Gasteiger partial charge in [0.05, 0.1) is 5.25 Å². The molecule has 1 saturated heterocycles. The first kappa shape index (κ1) is 22.9. The molecule has 0 atom stereocenters. The highest BCUT2D eigenvalue weighted by molar-refractivity contribution is 7.91. The van der Waals surface area contributed by atoms with Crippen LogP contribution >= 0.6 is 11.6 Å². The van der Waals surface area contributed by atoms with E-state index in [2.05, 4.69) is 10.3 Å². The summed E-state index contributed by atoms with van der Waals surface area (Å²) in [4.78, 5) is 44.3. The summed E-state index contributed by atoms with van der Waals surface area (Å²) < 4.78 is 24.4. The Morgan fingerprint density at radius 3 is 2.55 bits per heavy atom. The summed E-state index contributed by atoms with van der Waals surface area (Å²) in [7, 11) is -3.23. The van der Waals surface area contributed by atoms with Gasteiger partial charge in [-0.15, -0.1) is 0 Å². The number of nitrogens with one attached hydrogen (secondary N) is 1. The van der Waals surface area contributed by atoms with E-state index in [1.54, 1.807) is 36.4 Å². The number of nitrogens with zero attached hydrogens (tertiary/aromatic N) is 3. The van der Waals surface area contributed by atoms with E-state index < -0.39 is 32.5 Å². The predicted octanol–water partition coefficient (Wildman–Crippen LogP) is 1.24. The summed E-state index contributed by atoms with van der Waals surface area (Å²) in [5.74, 6) is -0.995. The zero-order valence-electron chi connectivity index (χ0n) is 17.7. The van der Waals surface area contributed by atoms with E-state index in [1.165, 1.54) is 17.2 Å². The first-order valence-corrected chi connectivity index (χ1v) is 12.4. The highest BCUT2D eigenvalue weighted by Crippen LogP contribution is 2.17. The quantitative estimate of drug-likeness (QED) is 0.557. The fourth-order valence-corrected chi connectivity index (χ4v) is 4.57. The topological polar surface area (TPSA) is 118 Å². The highest BCUT2D eigenvalue weighted by Gasteiger charge is 2.37. The monoisotopic (exact) mass is 488 g/mol. The minimum absolute atomic E-state index is 0.0824. The number of carbonyl (C=O) groups is 2. The molecule has 1 fully saturated rings. The lowest BCUT2D eigenvalue weighted by Crippen LogP contribution is -2.57. The Morgan fingerprint density at radius 1 is 1.18 bits per heavy atom. The number of carbonyl (C=O) groups excluding carboxylic acids is 2. The standard InChI is InChI=1S/C22H21ClN4O5S/c1-33(31,32)17-11-26(12-17)19(28)13-27-20-15(3-2-8-24-20)9-18(22(27)30)21(29)25-10-14-4-6-16(23)7-5-14/h2-9,17H,10-13H2,1H3,(H,25,29). The third kappa shape index (κ3) is 4.91. The SMILES string of the molecule is CS(=O)(=O)C1CN(C(=O)Cn2c(=O)c(C(=O)NCc3ccc(Cl)cc3)cc3cccnc32)C1. The second-order valence-corrected chi connectivity index (χ2v) is 10.7. The molecule has 0 unspecified atom stereocenters. The number of hydrogen-bond acceptors (Lipinski definition) is 6. The van der Waals surface area contributed by atoms with Gasteiger partial charge in [-0.25, -0.2) is 13.4 Å². The van der Waals surface area contributed by atoms with E-state index >= 15 is 0 Å². The molecule has 0 bridgehead atoms. The molecule has 11 heteroatoms. The van der Waals surface area contributed by atoms with Gasteiger partial charge < -0.3 is 10.2 Å². The fraction of sp³-hybridized carbons (Fsp3) is 0.273. The number of benzene rings is 1. The number of amides is 2. The Balaban J connectivity index is 1.58. The van der Waals surface area contributed by atoms with Crippen LogP contribution in [0.1, 0.15) is 15.9 Å². The van der Waals surface area contributed by atoms with Gasteiger partial charge in [-0.3, -0.25) is 19.0 Å². The van der Waals surface area contributed by atoms with Gasteiger partial charge in [0.2, 0.25) is 5.91 Å². The Kier molecular flexibility index (Phi) is 6.22. The molecule has 2 aromatic heterocycles. The fourth-order valence-electron chi connectivity index (χ4n) is 3.54. The molecule has 2 amide bonds. The minimum Gasteiger partial charge on any atom is -0.348 e. The lowest BCUT2D eigenvalue weighted by atomic mass is 10.1. The van der Waals surface area contributed by atoms with E-state index in [1.807, 2.05) is 0 Å². The Bertz CT molecular complexity index is 1400. The first-order chi connectivity index (χ1) is 15.6. The van der Waals surface area contributed by atoms with Gasteiger partial charge in [0.1, 0.15) is 17.8 Å². The summed E-state index contributed by atoms with van der Waals surface area (Å²) >= 11 is 5.87. The van der Waals surface area contributed by atoms with E-state index in [-0.39, 0.29) is 37.4 Å². The van der Waals surface area contributed by atoms with Gasteiger partial charge >= 0.3 is 0 Å². The van der Waals surface area contributed by atoms with Crippen LogP contribution in [0.15, 0.2) is 53.5 Å². The third-order valence-corrected chi connectivity index (χ3v) is 7.32. The zero-order chi connectivity index (χ0) is 23.8. The molecule has 1 aliphatic rings. The Morgan fingerprint density at radius 2 is 1.88 bits per heavy atom. The largest absolute Gasteiger partial charge is 0.348 e. The van der Waals surface area contributed by atoms with E-state index in [9.17, 15) is 22.8 Å². The van der Waals surface area contributed by atoms with Crippen LogP contribution in [0.2, 0.25) is 5.02 Å². The number of aromatic nitrogens is 2. The molecule has 9 nitrogen and oxygen atoms in total. The van der Waals surface area contributed by atoms with Crippen LogP contribution in [0.4, 0.5) is 0 Å². The van der Waals surface area contributed by atoms with Crippen molar-refractivity contribution in [2.75, 3.05) is 19.3 Å². The van der Waals surface area contributed by atoms with Gasteiger partial charge in [0.15, 0.2) is 9.84 Å². The molecule has 1 N–H and O–H groups in total. The van der Waals surface area contributed by atoms with E-state index in [0.29, 0.717) is 10.4 Å². The van der Waals surface area contributed by atoms with Crippen LogP contribution < -0.4 is 10.9 Å². The average molecular weight is 489 g/mol. The van der Waals surface area contributed by atoms with Crippen LogP contribution in [0, 0.1) is 0 Å². The van der Waals surface area contributed by atoms with Crippen molar-refractivity contribution in [3.8, 4) is 0 Å². The van der Waals surface area contributed by atoms with Gasteiger partial charge in [-0.1, -0.05) is 23.7 Å². The van der Waals surface area contributed by atoms with Crippen LogP contribution in [0.3, 0.4) is 0 Å². The number of sulfone groups is 1. The van der Waals surface area contributed by atoms with Gasteiger partial charge in [-0.05, 0) is 35.9 Å². The molecule has 1 aliphatic heterocycles. The van der Waals surface area contributed by atoms with Crippen molar-refractivity contribution >= 4 is 44.3 Å². The number of rotatable bonds is 6. The van der Waals surface area contributed by atoms with Crippen LogP contribution in [-0.4, -0.2) is 59.3 Å². The number of fused-ring (bicyclic) bond motifs is 1. The average Bonchev–Trinajstić information content (AvgIpc) is 2.72. The molecule has 3 heterocycles. The van der Waals surface area contributed by atoms with Crippen LogP contribution in [0.5, 0.6) is 0 Å². The maximum Gasteiger partial charge on any atom is 0.265 e. The molecule has 1 aromatic carbocycles. The smallest absolute Gasteiger partial charge is 0.265 e. The molecule has 0 saturated carbocycles. The molecular weight excluding hydrogens is 468 g/mol. The second kappa shape index (κ2) is 8.95. The molecule has 0 spiro atoms. The lowest BCUT2D eigenvalue weighted by molar-refractivity contribution is -0.135. The summed E-state index contributed by atoms with van der Waals surface area (Å²) in [5, 5.41) is 3.21. The van der Waals surface area contributed by atoms with Crippen LogP contribution in [0.25, 0.3) is 11.0 Å². The zero-order valence-corrected chi connectivity index (χ0v) is 19.3. The number of likely N-dealkylation sites (tertiary alicyclic amines) is 1. The highest BCUT2D eigenvalue weighted by atomic mass is 35.5. The molecular formula is C22H21ClN4O5S.